The molecule has 1 aromatic heterocycles. The van der Waals surface area contributed by atoms with Gasteiger partial charge in [-0.15, -0.1) is 0 Å². The number of benzene rings is 1. The molecule has 6 nitrogen and oxygen atoms in total. The van der Waals surface area contributed by atoms with Crippen LogP contribution in [0.4, 0.5) is 5.88 Å². The fourth-order valence-corrected chi connectivity index (χ4v) is 2.46. The molecule has 1 aliphatic rings. The molecule has 0 unspecified atom stereocenters. The summed E-state index contributed by atoms with van der Waals surface area (Å²) in [5, 5.41) is 9.26. The number of nitrogens with zero attached hydrogens (tertiary/aromatic N) is 3. The Morgan fingerprint density at radius 3 is 2.67 bits per heavy atom. The van der Waals surface area contributed by atoms with Crippen LogP contribution in [-0.4, -0.2) is 37.9 Å². The van der Waals surface area contributed by atoms with Crippen molar-refractivity contribution in [1.82, 2.24) is 4.98 Å². The van der Waals surface area contributed by atoms with Crippen LogP contribution in [-0.2, 0) is 4.74 Å². The molecule has 6 heteroatoms. The van der Waals surface area contributed by atoms with Gasteiger partial charge in [-0.05, 0) is 30.7 Å². The Kier molecular flexibility index (Phi) is 5.14. The molecule has 124 valence electrons. The van der Waals surface area contributed by atoms with Crippen molar-refractivity contribution in [2.75, 3.05) is 37.8 Å². The molecule has 24 heavy (non-hydrogen) atoms. The predicted octanol–water partition coefficient (Wildman–Crippen LogP) is 2.95. The zero-order valence-corrected chi connectivity index (χ0v) is 13.6. The van der Waals surface area contributed by atoms with Crippen LogP contribution in [0.3, 0.4) is 0 Å². The van der Waals surface area contributed by atoms with Gasteiger partial charge in [0.05, 0.1) is 19.8 Å². The highest BCUT2D eigenvalue weighted by Crippen LogP contribution is 2.24. The second-order valence-corrected chi connectivity index (χ2v) is 5.25. The SMILES string of the molecule is CCOc1ccc(/C=C/c2nc(C#N)c(N3CCOCC3)o2)cc1. The Hall–Kier alpha value is -2.78. The highest BCUT2D eigenvalue weighted by atomic mass is 16.5. The summed E-state index contributed by atoms with van der Waals surface area (Å²) in [6, 6.07) is 9.84. The molecule has 3 rings (SSSR count). The van der Waals surface area contributed by atoms with E-state index in [9.17, 15) is 5.26 Å². The first-order chi connectivity index (χ1) is 11.8. The number of ether oxygens (including phenoxy) is 2. The van der Waals surface area contributed by atoms with E-state index in [0.29, 0.717) is 50.4 Å². The fraction of sp³-hybridized carbons (Fsp3) is 0.333. The van der Waals surface area contributed by atoms with E-state index >= 15 is 0 Å². The third-order valence-electron chi connectivity index (χ3n) is 3.64. The van der Waals surface area contributed by atoms with E-state index in [-0.39, 0.29) is 0 Å². The Morgan fingerprint density at radius 1 is 1.25 bits per heavy atom. The summed E-state index contributed by atoms with van der Waals surface area (Å²) in [6.45, 7) is 5.26. The number of morpholine rings is 1. The molecule has 1 saturated heterocycles. The monoisotopic (exact) mass is 325 g/mol. The van der Waals surface area contributed by atoms with Crippen LogP contribution in [0, 0.1) is 11.3 Å². The average molecular weight is 325 g/mol. The van der Waals surface area contributed by atoms with Crippen molar-refractivity contribution in [1.29, 1.82) is 5.26 Å². The van der Waals surface area contributed by atoms with Crippen LogP contribution >= 0.6 is 0 Å². The van der Waals surface area contributed by atoms with Gasteiger partial charge in [-0.1, -0.05) is 12.1 Å². The van der Waals surface area contributed by atoms with Crippen LogP contribution in [0.5, 0.6) is 5.75 Å². The molecule has 0 saturated carbocycles. The van der Waals surface area contributed by atoms with Crippen molar-refractivity contribution < 1.29 is 13.9 Å². The van der Waals surface area contributed by atoms with Gasteiger partial charge in [0, 0.05) is 19.2 Å². The minimum Gasteiger partial charge on any atom is -0.494 e. The summed E-state index contributed by atoms with van der Waals surface area (Å²) in [4.78, 5) is 6.23. The van der Waals surface area contributed by atoms with Gasteiger partial charge in [-0.25, -0.2) is 0 Å². The van der Waals surface area contributed by atoms with E-state index in [4.69, 9.17) is 13.9 Å². The molecule has 1 aromatic carbocycles. The predicted molar refractivity (Wildman–Crippen MR) is 90.8 cm³/mol. The van der Waals surface area contributed by atoms with Gasteiger partial charge in [0.1, 0.15) is 11.8 Å². The number of hydrogen-bond donors (Lipinski definition) is 0. The largest absolute Gasteiger partial charge is 0.494 e. The summed E-state index contributed by atoms with van der Waals surface area (Å²) in [5.41, 5.74) is 1.31. The summed E-state index contributed by atoms with van der Waals surface area (Å²) >= 11 is 0. The smallest absolute Gasteiger partial charge is 0.235 e. The minimum absolute atomic E-state index is 0.309. The van der Waals surface area contributed by atoms with Gasteiger partial charge >= 0.3 is 0 Å². The number of oxazole rings is 1. The maximum Gasteiger partial charge on any atom is 0.235 e. The lowest BCUT2D eigenvalue weighted by Crippen LogP contribution is -2.36. The summed E-state index contributed by atoms with van der Waals surface area (Å²) in [7, 11) is 0. The molecule has 0 radical (unpaired) electrons. The first-order valence-electron chi connectivity index (χ1n) is 7.94. The lowest BCUT2D eigenvalue weighted by molar-refractivity contribution is 0.120. The van der Waals surface area contributed by atoms with Crippen molar-refractivity contribution in [3.8, 4) is 11.8 Å². The number of hydrogen-bond acceptors (Lipinski definition) is 6. The number of rotatable bonds is 5. The Bertz CT molecular complexity index is 738. The maximum absolute atomic E-state index is 9.26. The van der Waals surface area contributed by atoms with Crippen molar-refractivity contribution in [3.05, 3.63) is 41.4 Å². The van der Waals surface area contributed by atoms with E-state index in [1.807, 2.05) is 42.2 Å². The van der Waals surface area contributed by atoms with Crippen LogP contribution in [0.25, 0.3) is 12.2 Å². The van der Waals surface area contributed by atoms with Crippen LogP contribution in [0.15, 0.2) is 28.7 Å². The van der Waals surface area contributed by atoms with Gasteiger partial charge in [0.25, 0.3) is 0 Å². The Morgan fingerprint density at radius 2 is 2.00 bits per heavy atom. The molecule has 2 heterocycles. The zero-order chi connectivity index (χ0) is 16.8. The van der Waals surface area contributed by atoms with Crippen molar-refractivity contribution in [2.24, 2.45) is 0 Å². The normalized spacial score (nSPS) is 14.8. The molecule has 0 spiro atoms. The zero-order valence-electron chi connectivity index (χ0n) is 13.6. The summed E-state index contributed by atoms with van der Waals surface area (Å²) in [6.07, 6.45) is 3.66. The van der Waals surface area contributed by atoms with Crippen molar-refractivity contribution in [2.45, 2.75) is 6.92 Å². The van der Waals surface area contributed by atoms with Gasteiger partial charge in [0.2, 0.25) is 17.5 Å². The second-order valence-electron chi connectivity index (χ2n) is 5.25. The van der Waals surface area contributed by atoms with Gasteiger partial charge < -0.3 is 18.8 Å². The standard InChI is InChI=1S/C18H19N3O3/c1-2-23-15-6-3-14(4-7-15)5-8-17-20-16(13-19)18(24-17)21-9-11-22-12-10-21/h3-8H,2,9-12H2,1H3/b8-5+. The maximum atomic E-state index is 9.26. The molecule has 0 bridgehead atoms. The topological polar surface area (TPSA) is 71.5 Å². The first kappa shape index (κ1) is 16.1. The van der Waals surface area contributed by atoms with E-state index in [1.54, 1.807) is 6.08 Å². The van der Waals surface area contributed by atoms with Gasteiger partial charge in [0.15, 0.2) is 0 Å². The summed E-state index contributed by atoms with van der Waals surface area (Å²) < 4.78 is 16.5. The van der Waals surface area contributed by atoms with Crippen LogP contribution < -0.4 is 9.64 Å². The molecular formula is C18H19N3O3. The molecule has 1 fully saturated rings. The highest BCUT2D eigenvalue weighted by molar-refractivity contribution is 5.67. The molecule has 0 N–H and O–H groups in total. The van der Waals surface area contributed by atoms with Gasteiger partial charge in [-0.2, -0.15) is 10.2 Å². The number of aromatic nitrogens is 1. The third kappa shape index (κ3) is 3.76. The van der Waals surface area contributed by atoms with E-state index in [0.717, 1.165) is 11.3 Å². The van der Waals surface area contributed by atoms with Crippen molar-refractivity contribution >= 4 is 18.0 Å². The first-order valence-corrected chi connectivity index (χ1v) is 7.94. The average Bonchev–Trinajstić information content (AvgIpc) is 3.05. The third-order valence-corrected chi connectivity index (χ3v) is 3.64. The molecule has 0 amide bonds. The molecule has 1 aliphatic heterocycles. The molecule has 0 atom stereocenters. The van der Waals surface area contributed by atoms with E-state index in [2.05, 4.69) is 11.1 Å². The van der Waals surface area contributed by atoms with E-state index < -0.39 is 0 Å². The molecule has 0 aliphatic carbocycles. The van der Waals surface area contributed by atoms with Crippen molar-refractivity contribution in [3.63, 3.8) is 0 Å². The molecular weight excluding hydrogens is 306 g/mol. The van der Waals surface area contributed by atoms with Crippen LogP contribution in [0.2, 0.25) is 0 Å². The second kappa shape index (κ2) is 7.66. The molecule has 2 aromatic rings. The number of nitriles is 1. The highest BCUT2D eigenvalue weighted by Gasteiger charge is 2.20. The quantitative estimate of drug-likeness (QED) is 0.841. The number of anilines is 1. The minimum atomic E-state index is 0.309. The lowest BCUT2D eigenvalue weighted by atomic mass is 10.2. The van der Waals surface area contributed by atoms with Gasteiger partial charge in [-0.3, -0.25) is 0 Å². The Labute approximate surface area is 140 Å². The summed E-state index contributed by atoms with van der Waals surface area (Å²) in [5.74, 6) is 1.78. The van der Waals surface area contributed by atoms with Crippen LogP contribution in [0.1, 0.15) is 24.1 Å². The Balaban J connectivity index is 1.75. The lowest BCUT2D eigenvalue weighted by Gasteiger charge is -2.25. The van der Waals surface area contributed by atoms with E-state index in [1.165, 1.54) is 0 Å². The fourth-order valence-electron chi connectivity index (χ4n) is 2.46.